The quantitative estimate of drug-likeness (QED) is 0.651. The molecule has 1 amide bonds. The Kier molecular flexibility index (Phi) is 6.47. The second-order valence-electron chi connectivity index (χ2n) is 6.83. The van der Waals surface area contributed by atoms with Gasteiger partial charge in [-0.2, -0.15) is 9.78 Å². The van der Waals surface area contributed by atoms with Crippen molar-refractivity contribution in [1.29, 1.82) is 0 Å². The first-order valence-corrected chi connectivity index (χ1v) is 9.73. The van der Waals surface area contributed by atoms with E-state index in [4.69, 9.17) is 11.6 Å². The van der Waals surface area contributed by atoms with Gasteiger partial charge < -0.3 is 5.32 Å². The highest BCUT2D eigenvalue weighted by molar-refractivity contribution is 6.30. The number of benzene rings is 2. The van der Waals surface area contributed by atoms with Crippen LogP contribution in [0, 0.1) is 5.82 Å². The van der Waals surface area contributed by atoms with Crippen molar-refractivity contribution in [2.45, 2.75) is 32.9 Å². The molecule has 1 N–H and O–H groups in total. The molecule has 0 aliphatic rings. The van der Waals surface area contributed by atoms with Crippen molar-refractivity contribution in [2.24, 2.45) is 0 Å². The smallest absolute Gasteiger partial charge is 0.348 e. The van der Waals surface area contributed by atoms with Gasteiger partial charge in [-0.05, 0) is 49.2 Å². The molecule has 9 heteroatoms. The van der Waals surface area contributed by atoms with Crippen LogP contribution in [0.5, 0.6) is 0 Å². The minimum absolute atomic E-state index is 0.193. The molecule has 3 rings (SSSR count). The van der Waals surface area contributed by atoms with Crippen LogP contribution in [0.1, 0.15) is 36.3 Å². The molecule has 7 nitrogen and oxygen atoms in total. The normalized spacial score (nSPS) is 11.9. The summed E-state index contributed by atoms with van der Waals surface area (Å²) in [4.78, 5) is 38.7. The molecule has 1 atom stereocenters. The van der Waals surface area contributed by atoms with Gasteiger partial charge in [0.25, 0.3) is 11.5 Å². The van der Waals surface area contributed by atoms with E-state index in [0.717, 1.165) is 9.25 Å². The maximum Gasteiger partial charge on any atom is 0.352 e. The fraction of sp³-hybridized carbons (Fsp3) is 0.238. The standard InChI is InChI=1S/C21H20ClFN4O3/c1-3-13(2)24-19(28)18-20(29)26(12-14-6-4-8-16(23)10-14)21(30)27(25-18)17-9-5-7-15(22)11-17/h4-11,13H,3,12H2,1-2H3,(H,24,28)/t13-/m1/s1. The summed E-state index contributed by atoms with van der Waals surface area (Å²) in [6.45, 7) is 3.45. The lowest BCUT2D eigenvalue weighted by Gasteiger charge is -2.14. The number of aromatic nitrogens is 3. The molecular weight excluding hydrogens is 411 g/mol. The van der Waals surface area contributed by atoms with E-state index in [9.17, 15) is 18.8 Å². The second-order valence-corrected chi connectivity index (χ2v) is 7.26. The zero-order valence-electron chi connectivity index (χ0n) is 16.4. The highest BCUT2D eigenvalue weighted by Gasteiger charge is 2.21. The topological polar surface area (TPSA) is 86.0 Å². The van der Waals surface area contributed by atoms with Crippen molar-refractivity contribution in [3.8, 4) is 5.69 Å². The molecule has 0 radical (unpaired) electrons. The van der Waals surface area contributed by atoms with Crippen LogP contribution in [0.3, 0.4) is 0 Å². The predicted octanol–water partition coefficient (Wildman–Crippen LogP) is 2.76. The third-order valence-corrected chi connectivity index (χ3v) is 4.78. The fourth-order valence-electron chi connectivity index (χ4n) is 2.78. The van der Waals surface area contributed by atoms with E-state index >= 15 is 0 Å². The monoisotopic (exact) mass is 430 g/mol. The van der Waals surface area contributed by atoms with Gasteiger partial charge in [-0.1, -0.05) is 36.7 Å². The van der Waals surface area contributed by atoms with Crippen molar-refractivity contribution in [3.63, 3.8) is 0 Å². The van der Waals surface area contributed by atoms with E-state index in [1.807, 2.05) is 6.92 Å². The fourth-order valence-corrected chi connectivity index (χ4v) is 2.97. The number of nitrogens with one attached hydrogen (secondary N) is 1. The van der Waals surface area contributed by atoms with Gasteiger partial charge in [0.2, 0.25) is 5.69 Å². The Morgan fingerprint density at radius 3 is 2.60 bits per heavy atom. The highest BCUT2D eigenvalue weighted by atomic mass is 35.5. The van der Waals surface area contributed by atoms with Gasteiger partial charge >= 0.3 is 5.69 Å². The van der Waals surface area contributed by atoms with Crippen molar-refractivity contribution in [2.75, 3.05) is 0 Å². The summed E-state index contributed by atoms with van der Waals surface area (Å²) >= 11 is 6.02. The first kappa shape index (κ1) is 21.4. The number of hydrogen-bond acceptors (Lipinski definition) is 4. The van der Waals surface area contributed by atoms with Gasteiger partial charge in [0.15, 0.2) is 0 Å². The molecule has 0 saturated heterocycles. The van der Waals surface area contributed by atoms with Crippen LogP contribution < -0.4 is 16.6 Å². The third kappa shape index (κ3) is 4.65. The van der Waals surface area contributed by atoms with Crippen LogP contribution in [0.2, 0.25) is 5.02 Å². The Hall–Kier alpha value is -3.26. The lowest BCUT2D eigenvalue weighted by atomic mass is 10.2. The summed E-state index contributed by atoms with van der Waals surface area (Å²) in [5.41, 5.74) is -1.38. The predicted molar refractivity (Wildman–Crippen MR) is 112 cm³/mol. The van der Waals surface area contributed by atoms with Crippen LogP contribution in [-0.4, -0.2) is 26.3 Å². The lowest BCUT2D eigenvalue weighted by molar-refractivity contribution is 0.0929. The summed E-state index contributed by atoms with van der Waals surface area (Å²) in [6.07, 6.45) is 0.650. The zero-order valence-corrected chi connectivity index (χ0v) is 17.2. The van der Waals surface area contributed by atoms with Crippen LogP contribution in [0.25, 0.3) is 5.69 Å². The van der Waals surface area contributed by atoms with E-state index in [1.54, 1.807) is 31.2 Å². The van der Waals surface area contributed by atoms with Gasteiger partial charge in [-0.15, -0.1) is 0 Å². The molecule has 0 bridgehead atoms. The summed E-state index contributed by atoms with van der Waals surface area (Å²) in [5, 5.41) is 7.05. The van der Waals surface area contributed by atoms with Gasteiger partial charge in [0.1, 0.15) is 5.82 Å². The van der Waals surface area contributed by atoms with Crippen molar-refractivity contribution < 1.29 is 9.18 Å². The third-order valence-electron chi connectivity index (χ3n) is 4.55. The molecule has 3 aromatic rings. The molecule has 0 fully saturated rings. The zero-order chi connectivity index (χ0) is 21.8. The van der Waals surface area contributed by atoms with Gasteiger partial charge in [-0.3, -0.25) is 14.2 Å². The van der Waals surface area contributed by atoms with Crippen LogP contribution in [0.15, 0.2) is 58.1 Å². The minimum Gasteiger partial charge on any atom is -0.348 e. The maximum absolute atomic E-state index is 13.6. The summed E-state index contributed by atoms with van der Waals surface area (Å²) in [5.74, 6) is -1.20. The molecule has 30 heavy (non-hydrogen) atoms. The number of hydrogen-bond donors (Lipinski definition) is 1. The Morgan fingerprint density at radius 1 is 1.20 bits per heavy atom. The van der Waals surface area contributed by atoms with E-state index in [2.05, 4.69) is 10.4 Å². The van der Waals surface area contributed by atoms with Gasteiger partial charge in [0, 0.05) is 11.1 Å². The Bertz CT molecular complexity index is 1210. The summed E-state index contributed by atoms with van der Waals surface area (Å²) in [7, 11) is 0. The van der Waals surface area contributed by atoms with Crippen molar-refractivity contribution in [1.82, 2.24) is 19.7 Å². The molecule has 2 aromatic carbocycles. The first-order valence-electron chi connectivity index (χ1n) is 9.35. The van der Waals surface area contributed by atoms with Crippen molar-refractivity contribution >= 4 is 17.5 Å². The van der Waals surface area contributed by atoms with Gasteiger partial charge in [-0.25, -0.2) is 9.18 Å². The Labute approximate surface area is 176 Å². The Morgan fingerprint density at radius 2 is 1.93 bits per heavy atom. The first-order chi connectivity index (χ1) is 14.3. The molecular formula is C21H20ClFN4O3. The number of nitrogens with zero attached hydrogens (tertiary/aromatic N) is 3. The van der Waals surface area contributed by atoms with E-state index < -0.39 is 28.7 Å². The highest BCUT2D eigenvalue weighted by Crippen LogP contribution is 2.12. The lowest BCUT2D eigenvalue weighted by Crippen LogP contribution is -2.47. The molecule has 0 aliphatic heterocycles. The van der Waals surface area contributed by atoms with E-state index in [-0.39, 0.29) is 18.3 Å². The minimum atomic E-state index is -0.858. The van der Waals surface area contributed by atoms with Crippen LogP contribution in [0.4, 0.5) is 4.39 Å². The summed E-state index contributed by atoms with van der Waals surface area (Å²) in [6, 6.07) is 11.6. The number of carbonyl (C=O) groups is 1. The second kappa shape index (κ2) is 9.04. The van der Waals surface area contributed by atoms with Crippen LogP contribution in [-0.2, 0) is 6.54 Å². The SMILES string of the molecule is CC[C@@H](C)NC(=O)c1nn(-c2cccc(Cl)c2)c(=O)n(Cc2cccc(F)c2)c1=O. The molecule has 1 aromatic heterocycles. The molecule has 0 unspecified atom stereocenters. The van der Waals surface area contributed by atoms with Gasteiger partial charge in [0.05, 0.1) is 12.2 Å². The molecule has 0 saturated carbocycles. The van der Waals surface area contributed by atoms with Crippen molar-refractivity contribution in [3.05, 3.63) is 91.5 Å². The molecule has 1 heterocycles. The largest absolute Gasteiger partial charge is 0.352 e. The maximum atomic E-state index is 13.6. The average Bonchev–Trinajstić information content (AvgIpc) is 2.71. The number of carbonyl (C=O) groups excluding carboxylic acids is 1. The molecule has 0 aliphatic carbocycles. The Balaban J connectivity index is 2.20. The summed E-state index contributed by atoms with van der Waals surface area (Å²) < 4.78 is 15.4. The average molecular weight is 431 g/mol. The molecule has 156 valence electrons. The number of amides is 1. The number of halogens is 2. The van der Waals surface area contributed by atoms with Crippen LogP contribution >= 0.6 is 11.6 Å². The number of rotatable bonds is 6. The van der Waals surface area contributed by atoms with E-state index in [0.29, 0.717) is 17.0 Å². The molecule has 0 spiro atoms. The van der Waals surface area contributed by atoms with E-state index in [1.165, 1.54) is 24.3 Å².